The van der Waals surface area contributed by atoms with E-state index in [1.165, 1.54) is 57.4 Å². The summed E-state index contributed by atoms with van der Waals surface area (Å²) in [5.74, 6) is -0.910. The quantitative estimate of drug-likeness (QED) is 0.296. The van der Waals surface area contributed by atoms with Gasteiger partial charge in [-0.3, -0.25) is 0 Å². The van der Waals surface area contributed by atoms with E-state index in [2.05, 4.69) is 13.0 Å². The van der Waals surface area contributed by atoms with Gasteiger partial charge in [-0.2, -0.15) is 0 Å². The van der Waals surface area contributed by atoms with Gasteiger partial charge in [0.15, 0.2) is 0 Å². The van der Waals surface area contributed by atoms with Crippen LogP contribution < -0.4 is 0 Å². The van der Waals surface area contributed by atoms with Crippen LogP contribution in [0.1, 0.15) is 64.7 Å². The predicted molar refractivity (Wildman–Crippen MR) is 82.3 cm³/mol. The Morgan fingerprint density at radius 1 is 0.842 bits per heavy atom. The fraction of sp³-hybridized carbons (Fsp3) is 0.588. The van der Waals surface area contributed by atoms with Crippen LogP contribution in [0.3, 0.4) is 0 Å². The molecule has 0 aromatic heterocycles. The highest BCUT2D eigenvalue weighted by atomic mass is 16.4. The molecule has 19 heavy (non-hydrogen) atoms. The van der Waals surface area contributed by atoms with E-state index in [0.717, 1.165) is 12.5 Å². The van der Waals surface area contributed by atoms with Gasteiger partial charge < -0.3 is 5.11 Å². The van der Waals surface area contributed by atoms with Gasteiger partial charge in [-0.15, -0.1) is 0 Å². The molecule has 0 radical (unpaired) electrons. The first-order valence-corrected chi connectivity index (χ1v) is 7.50. The van der Waals surface area contributed by atoms with Crippen molar-refractivity contribution in [2.75, 3.05) is 0 Å². The van der Waals surface area contributed by atoms with E-state index in [0.29, 0.717) is 0 Å². The SMILES string of the molecule is CCCCCCCCCC/C=C/C=C/C=C/C(=O)O. The number of hydrogen-bond acceptors (Lipinski definition) is 1. The molecule has 0 saturated carbocycles. The summed E-state index contributed by atoms with van der Waals surface area (Å²) in [7, 11) is 0. The van der Waals surface area contributed by atoms with Gasteiger partial charge in [0.25, 0.3) is 0 Å². The fourth-order valence-corrected chi connectivity index (χ4v) is 1.84. The summed E-state index contributed by atoms with van der Waals surface area (Å²) in [6.45, 7) is 2.25. The molecule has 0 heterocycles. The van der Waals surface area contributed by atoms with Crippen molar-refractivity contribution in [1.82, 2.24) is 0 Å². The van der Waals surface area contributed by atoms with Gasteiger partial charge in [-0.25, -0.2) is 4.79 Å². The number of hydrogen-bond donors (Lipinski definition) is 1. The fourth-order valence-electron chi connectivity index (χ4n) is 1.84. The molecule has 0 bridgehead atoms. The molecule has 0 saturated heterocycles. The summed E-state index contributed by atoms with van der Waals surface area (Å²) in [6.07, 6.45) is 22.3. The topological polar surface area (TPSA) is 37.3 Å². The summed E-state index contributed by atoms with van der Waals surface area (Å²) < 4.78 is 0. The van der Waals surface area contributed by atoms with E-state index in [1.807, 2.05) is 12.2 Å². The molecule has 2 nitrogen and oxygen atoms in total. The summed E-state index contributed by atoms with van der Waals surface area (Å²) >= 11 is 0. The largest absolute Gasteiger partial charge is 0.478 e. The van der Waals surface area contributed by atoms with Crippen molar-refractivity contribution in [2.45, 2.75) is 64.7 Å². The lowest BCUT2D eigenvalue weighted by Gasteiger charge is -1.99. The first-order chi connectivity index (χ1) is 9.27. The molecule has 0 unspecified atom stereocenters. The number of carbonyl (C=O) groups is 1. The van der Waals surface area contributed by atoms with Crippen molar-refractivity contribution in [3.63, 3.8) is 0 Å². The van der Waals surface area contributed by atoms with Gasteiger partial charge in [-0.1, -0.05) is 82.2 Å². The maximum absolute atomic E-state index is 10.2. The Bertz CT molecular complexity index is 288. The summed E-state index contributed by atoms with van der Waals surface area (Å²) in [5, 5.41) is 8.37. The normalized spacial score (nSPS) is 12.1. The molecule has 0 rings (SSSR count). The molecule has 0 fully saturated rings. The second-order valence-corrected chi connectivity index (χ2v) is 4.77. The summed E-state index contributed by atoms with van der Waals surface area (Å²) in [5.41, 5.74) is 0. The average molecular weight is 264 g/mol. The predicted octanol–water partition coefficient (Wildman–Crippen LogP) is 5.27. The molecule has 0 aromatic carbocycles. The zero-order chi connectivity index (χ0) is 14.2. The van der Waals surface area contributed by atoms with E-state index >= 15 is 0 Å². The molecule has 0 atom stereocenters. The Labute approximate surface area is 117 Å². The van der Waals surface area contributed by atoms with Crippen LogP contribution in [-0.2, 0) is 4.79 Å². The van der Waals surface area contributed by atoms with Gasteiger partial charge >= 0.3 is 5.97 Å². The van der Waals surface area contributed by atoms with Crippen LogP contribution in [0.5, 0.6) is 0 Å². The van der Waals surface area contributed by atoms with Crippen molar-refractivity contribution in [3.05, 3.63) is 36.5 Å². The van der Waals surface area contributed by atoms with Crippen LogP contribution >= 0.6 is 0 Å². The molecule has 0 aliphatic heterocycles. The highest BCUT2D eigenvalue weighted by Gasteiger charge is 1.89. The molecule has 0 aliphatic rings. The Balaban J connectivity index is 3.27. The van der Waals surface area contributed by atoms with E-state index in [9.17, 15) is 4.79 Å². The van der Waals surface area contributed by atoms with Crippen LogP contribution in [-0.4, -0.2) is 11.1 Å². The first kappa shape index (κ1) is 17.7. The second kappa shape index (κ2) is 14.7. The third kappa shape index (κ3) is 16.7. The molecule has 0 aliphatic carbocycles. The minimum absolute atomic E-state index is 0.910. The van der Waals surface area contributed by atoms with Crippen LogP contribution in [0.15, 0.2) is 36.5 Å². The monoisotopic (exact) mass is 264 g/mol. The molecule has 0 aromatic rings. The Morgan fingerprint density at radius 2 is 1.42 bits per heavy atom. The van der Waals surface area contributed by atoms with Crippen LogP contribution in [0.25, 0.3) is 0 Å². The van der Waals surface area contributed by atoms with Gasteiger partial charge in [0.2, 0.25) is 0 Å². The minimum atomic E-state index is -0.910. The van der Waals surface area contributed by atoms with E-state index in [1.54, 1.807) is 6.08 Å². The van der Waals surface area contributed by atoms with Gasteiger partial charge in [-0.05, 0) is 12.8 Å². The van der Waals surface area contributed by atoms with E-state index in [-0.39, 0.29) is 0 Å². The Hall–Kier alpha value is -1.31. The zero-order valence-electron chi connectivity index (χ0n) is 12.2. The lowest BCUT2D eigenvalue weighted by Crippen LogP contribution is -1.84. The standard InChI is InChI=1S/C17H28O2/c1-2-3-4-5-6-7-8-9-10-11-12-13-14-15-16-17(18)19/h11-16H,2-10H2,1H3,(H,18,19)/b12-11+,14-13+,16-15+. The molecule has 2 heteroatoms. The lowest BCUT2D eigenvalue weighted by molar-refractivity contribution is -0.131. The van der Waals surface area contributed by atoms with Gasteiger partial charge in [0, 0.05) is 6.08 Å². The highest BCUT2D eigenvalue weighted by Crippen LogP contribution is 2.09. The first-order valence-electron chi connectivity index (χ1n) is 7.50. The number of aliphatic carboxylic acids is 1. The van der Waals surface area contributed by atoms with Crippen molar-refractivity contribution in [1.29, 1.82) is 0 Å². The molecule has 108 valence electrons. The molecule has 0 spiro atoms. The molecular formula is C17H28O2. The van der Waals surface area contributed by atoms with Crippen LogP contribution in [0.2, 0.25) is 0 Å². The van der Waals surface area contributed by atoms with Gasteiger partial charge in [0.05, 0.1) is 0 Å². The maximum atomic E-state index is 10.2. The minimum Gasteiger partial charge on any atom is -0.478 e. The van der Waals surface area contributed by atoms with E-state index in [4.69, 9.17) is 5.11 Å². The Kier molecular flexibility index (Phi) is 13.7. The number of carboxylic acid groups (broad SMARTS) is 1. The second-order valence-electron chi connectivity index (χ2n) is 4.77. The third-order valence-electron chi connectivity index (χ3n) is 2.93. The molecule has 1 N–H and O–H groups in total. The molecular weight excluding hydrogens is 236 g/mol. The Morgan fingerprint density at radius 3 is 2.05 bits per heavy atom. The zero-order valence-corrected chi connectivity index (χ0v) is 12.2. The third-order valence-corrected chi connectivity index (χ3v) is 2.93. The van der Waals surface area contributed by atoms with Crippen molar-refractivity contribution in [3.8, 4) is 0 Å². The maximum Gasteiger partial charge on any atom is 0.328 e. The van der Waals surface area contributed by atoms with Crippen LogP contribution in [0, 0.1) is 0 Å². The molecule has 0 amide bonds. The van der Waals surface area contributed by atoms with Crippen molar-refractivity contribution >= 4 is 5.97 Å². The smallest absolute Gasteiger partial charge is 0.328 e. The highest BCUT2D eigenvalue weighted by molar-refractivity contribution is 5.80. The number of carboxylic acids is 1. The number of rotatable bonds is 12. The van der Waals surface area contributed by atoms with Crippen LogP contribution in [0.4, 0.5) is 0 Å². The lowest BCUT2D eigenvalue weighted by atomic mass is 10.1. The average Bonchev–Trinajstić information content (AvgIpc) is 2.39. The number of unbranched alkanes of at least 4 members (excludes halogenated alkanes) is 8. The van der Waals surface area contributed by atoms with Crippen molar-refractivity contribution in [2.24, 2.45) is 0 Å². The number of allylic oxidation sites excluding steroid dienone is 5. The summed E-state index contributed by atoms with van der Waals surface area (Å²) in [4.78, 5) is 10.2. The van der Waals surface area contributed by atoms with Gasteiger partial charge in [0.1, 0.15) is 0 Å². The van der Waals surface area contributed by atoms with Crippen molar-refractivity contribution < 1.29 is 9.90 Å². The van der Waals surface area contributed by atoms with E-state index < -0.39 is 5.97 Å². The summed E-state index contributed by atoms with van der Waals surface area (Å²) in [6, 6.07) is 0.